The van der Waals surface area contributed by atoms with Crippen molar-refractivity contribution in [2.24, 2.45) is 5.41 Å². The summed E-state index contributed by atoms with van der Waals surface area (Å²) in [5.74, 6) is -1.64. The summed E-state index contributed by atoms with van der Waals surface area (Å²) in [7, 11) is 0. The van der Waals surface area contributed by atoms with Crippen LogP contribution in [-0.4, -0.2) is 21.8 Å². The lowest BCUT2D eigenvalue weighted by Crippen LogP contribution is -2.36. The minimum atomic E-state index is -1.22. The molecule has 0 amide bonds. The van der Waals surface area contributed by atoms with Crippen molar-refractivity contribution in [2.75, 3.05) is 0 Å². The molecule has 0 heterocycles. The molecular weight excluding hydrogens is 280 g/mol. The summed E-state index contributed by atoms with van der Waals surface area (Å²) >= 11 is 0. The summed E-state index contributed by atoms with van der Waals surface area (Å²) in [6, 6.07) is 0. The molecule has 22 heavy (non-hydrogen) atoms. The fraction of sp³-hybridized carbons (Fsp3) is 0.444. The number of hydrogen-bond donors (Lipinski definition) is 2. The first-order valence-corrected chi connectivity index (χ1v) is 7.28. The van der Waals surface area contributed by atoms with E-state index in [1.807, 2.05) is 39.8 Å². The fourth-order valence-corrected chi connectivity index (χ4v) is 2.39. The van der Waals surface area contributed by atoms with Gasteiger partial charge < -0.3 is 10.2 Å². The molecule has 2 N–H and O–H groups in total. The highest BCUT2D eigenvalue weighted by Crippen LogP contribution is 2.43. The van der Waals surface area contributed by atoms with E-state index in [0.29, 0.717) is 0 Å². The number of hydrogen-bond acceptors (Lipinski definition) is 4. The molecule has 0 spiro atoms. The number of aliphatic hydroxyl groups is 2. The fourth-order valence-electron chi connectivity index (χ4n) is 2.39. The summed E-state index contributed by atoms with van der Waals surface area (Å²) < 4.78 is 0. The number of aliphatic hydroxyl groups excluding tert-OH is 2. The second kappa shape index (κ2) is 6.77. The highest BCUT2D eigenvalue weighted by molar-refractivity contribution is 6.07. The minimum absolute atomic E-state index is 0.163. The molecule has 1 aliphatic rings. The molecule has 1 aliphatic carbocycles. The predicted octanol–water partition coefficient (Wildman–Crippen LogP) is 4.11. The normalized spacial score (nSPS) is 17.0. The standard InChI is InChI=1S/C18H24O4/c1-11(2)6-8-18(9-7-12(3)4)15(21)10-14(20)16(13(5)19)17(18)22/h6-7,10,20,22H,8-9H2,1-5H3. The van der Waals surface area contributed by atoms with Crippen molar-refractivity contribution in [3.8, 4) is 0 Å². The van der Waals surface area contributed by atoms with Gasteiger partial charge in [0.15, 0.2) is 11.6 Å². The van der Waals surface area contributed by atoms with Crippen LogP contribution in [0.25, 0.3) is 0 Å². The molecule has 4 heteroatoms. The molecule has 0 aromatic heterocycles. The quantitative estimate of drug-likeness (QED) is 0.749. The van der Waals surface area contributed by atoms with Gasteiger partial charge >= 0.3 is 0 Å². The first-order chi connectivity index (χ1) is 10.1. The Balaban J connectivity index is 3.52. The van der Waals surface area contributed by atoms with E-state index in [2.05, 4.69) is 0 Å². The van der Waals surface area contributed by atoms with Crippen LogP contribution in [-0.2, 0) is 9.59 Å². The molecule has 0 radical (unpaired) electrons. The topological polar surface area (TPSA) is 74.6 Å². The average Bonchev–Trinajstić information content (AvgIpc) is 2.36. The summed E-state index contributed by atoms with van der Waals surface area (Å²) in [4.78, 5) is 24.3. The van der Waals surface area contributed by atoms with Crippen LogP contribution in [0.5, 0.6) is 0 Å². The lowest BCUT2D eigenvalue weighted by molar-refractivity contribution is -0.123. The van der Waals surface area contributed by atoms with E-state index in [9.17, 15) is 19.8 Å². The Hall–Kier alpha value is -2.10. The number of carbonyl (C=O) groups is 2. The monoisotopic (exact) mass is 304 g/mol. The lowest BCUT2D eigenvalue weighted by Gasteiger charge is -2.33. The molecule has 0 bridgehead atoms. The number of carbonyl (C=O) groups excluding carboxylic acids is 2. The van der Waals surface area contributed by atoms with Crippen molar-refractivity contribution in [3.63, 3.8) is 0 Å². The van der Waals surface area contributed by atoms with E-state index in [1.165, 1.54) is 6.92 Å². The van der Waals surface area contributed by atoms with Crippen molar-refractivity contribution in [1.29, 1.82) is 0 Å². The first kappa shape index (κ1) is 18.0. The Labute approximate surface area is 131 Å². The molecule has 0 saturated heterocycles. The molecule has 0 saturated carbocycles. The van der Waals surface area contributed by atoms with Crippen LogP contribution in [0.2, 0.25) is 0 Å². The minimum Gasteiger partial charge on any atom is -0.510 e. The van der Waals surface area contributed by atoms with Crippen LogP contribution in [0.1, 0.15) is 47.5 Å². The SMILES string of the molecule is CC(=O)C1=C(O)C(CC=C(C)C)(CC=C(C)C)C(=O)C=C1O. The number of rotatable bonds is 5. The summed E-state index contributed by atoms with van der Waals surface area (Å²) in [5.41, 5.74) is 0.645. The van der Waals surface area contributed by atoms with Gasteiger partial charge in [-0.2, -0.15) is 0 Å². The predicted molar refractivity (Wildman–Crippen MR) is 86.6 cm³/mol. The molecular formula is C18H24O4. The van der Waals surface area contributed by atoms with Crippen LogP contribution < -0.4 is 0 Å². The molecule has 0 aliphatic heterocycles. The van der Waals surface area contributed by atoms with Crippen LogP contribution >= 0.6 is 0 Å². The molecule has 0 unspecified atom stereocenters. The maximum absolute atomic E-state index is 12.5. The van der Waals surface area contributed by atoms with Gasteiger partial charge in [-0.05, 0) is 47.5 Å². The van der Waals surface area contributed by atoms with Gasteiger partial charge in [-0.15, -0.1) is 0 Å². The van der Waals surface area contributed by atoms with Crippen LogP contribution in [0.3, 0.4) is 0 Å². The van der Waals surface area contributed by atoms with Gasteiger partial charge in [0.05, 0.1) is 11.0 Å². The number of allylic oxidation sites excluding steroid dienone is 7. The molecule has 4 nitrogen and oxygen atoms in total. The van der Waals surface area contributed by atoms with Crippen molar-refractivity contribution in [1.82, 2.24) is 0 Å². The third-order valence-electron chi connectivity index (χ3n) is 3.76. The smallest absolute Gasteiger partial charge is 0.173 e. The van der Waals surface area contributed by atoms with E-state index in [0.717, 1.165) is 17.2 Å². The van der Waals surface area contributed by atoms with Gasteiger partial charge in [0, 0.05) is 6.08 Å². The average molecular weight is 304 g/mol. The Morgan fingerprint density at radius 3 is 1.86 bits per heavy atom. The zero-order chi connectivity index (χ0) is 17.1. The molecule has 0 aromatic rings. The molecule has 0 fully saturated rings. The second-order valence-electron chi connectivity index (χ2n) is 6.23. The molecule has 0 aromatic carbocycles. The molecule has 0 atom stereocenters. The second-order valence-corrected chi connectivity index (χ2v) is 6.23. The van der Waals surface area contributed by atoms with Crippen molar-refractivity contribution >= 4 is 11.6 Å². The summed E-state index contributed by atoms with van der Waals surface area (Å²) in [6.07, 6.45) is 5.34. The van der Waals surface area contributed by atoms with Gasteiger partial charge in [-0.25, -0.2) is 0 Å². The van der Waals surface area contributed by atoms with Gasteiger partial charge in [-0.3, -0.25) is 9.59 Å². The highest BCUT2D eigenvalue weighted by Gasteiger charge is 2.45. The van der Waals surface area contributed by atoms with E-state index in [-0.39, 0.29) is 30.0 Å². The zero-order valence-corrected chi connectivity index (χ0v) is 13.9. The highest BCUT2D eigenvalue weighted by atomic mass is 16.3. The Morgan fingerprint density at radius 2 is 1.50 bits per heavy atom. The van der Waals surface area contributed by atoms with E-state index in [1.54, 1.807) is 0 Å². The van der Waals surface area contributed by atoms with E-state index in [4.69, 9.17) is 0 Å². The van der Waals surface area contributed by atoms with Crippen LogP contribution in [0.4, 0.5) is 0 Å². The van der Waals surface area contributed by atoms with Gasteiger partial charge in [0.1, 0.15) is 11.5 Å². The van der Waals surface area contributed by atoms with Crippen LogP contribution in [0.15, 0.2) is 46.5 Å². The van der Waals surface area contributed by atoms with Gasteiger partial charge in [0.25, 0.3) is 0 Å². The largest absolute Gasteiger partial charge is 0.510 e. The van der Waals surface area contributed by atoms with Crippen molar-refractivity contribution in [3.05, 3.63) is 46.5 Å². The maximum Gasteiger partial charge on any atom is 0.173 e. The van der Waals surface area contributed by atoms with Gasteiger partial charge in [-0.1, -0.05) is 23.3 Å². The van der Waals surface area contributed by atoms with Crippen molar-refractivity contribution in [2.45, 2.75) is 47.5 Å². The lowest BCUT2D eigenvalue weighted by atomic mass is 9.70. The van der Waals surface area contributed by atoms with E-state index >= 15 is 0 Å². The third kappa shape index (κ3) is 3.56. The first-order valence-electron chi connectivity index (χ1n) is 7.28. The maximum atomic E-state index is 12.5. The van der Waals surface area contributed by atoms with E-state index < -0.39 is 17.0 Å². The van der Waals surface area contributed by atoms with Gasteiger partial charge in [0.2, 0.25) is 0 Å². The number of Topliss-reactive ketones (excluding diaryl/α,β-unsaturated/α-hetero) is 1. The summed E-state index contributed by atoms with van der Waals surface area (Å²) in [5, 5.41) is 20.4. The Morgan fingerprint density at radius 1 is 1.05 bits per heavy atom. The number of ketones is 2. The zero-order valence-electron chi connectivity index (χ0n) is 13.9. The summed E-state index contributed by atoms with van der Waals surface area (Å²) in [6.45, 7) is 8.88. The molecule has 120 valence electrons. The third-order valence-corrected chi connectivity index (χ3v) is 3.76. The van der Waals surface area contributed by atoms with Crippen LogP contribution in [0, 0.1) is 5.41 Å². The Kier molecular flexibility index (Phi) is 5.53. The molecule has 1 rings (SSSR count). The Bertz CT molecular complexity index is 587. The van der Waals surface area contributed by atoms with Crippen molar-refractivity contribution < 1.29 is 19.8 Å².